The first-order chi connectivity index (χ1) is 14.7. The Labute approximate surface area is 172 Å². The largest absolute Gasteiger partial charge is 0.504 e. The van der Waals surface area contributed by atoms with E-state index in [4.69, 9.17) is 18.9 Å². The molecule has 0 bridgehead atoms. The van der Waals surface area contributed by atoms with Gasteiger partial charge in [-0.3, -0.25) is 4.79 Å². The van der Waals surface area contributed by atoms with Crippen LogP contribution in [0.4, 0.5) is 0 Å². The highest BCUT2D eigenvalue weighted by molar-refractivity contribution is 5.71. The number of rotatable bonds is 9. The van der Waals surface area contributed by atoms with Gasteiger partial charge in [-0.15, -0.1) is 0 Å². The molecule has 1 heterocycles. The molecule has 0 radical (unpaired) electrons. The van der Waals surface area contributed by atoms with E-state index in [2.05, 4.69) is 16.0 Å². The maximum absolute atomic E-state index is 10.6. The Balaban J connectivity index is 1.86. The van der Waals surface area contributed by atoms with Crippen LogP contribution in [0.5, 0.6) is 23.3 Å². The summed E-state index contributed by atoms with van der Waals surface area (Å²) in [5, 5.41) is 9.20. The van der Waals surface area contributed by atoms with Crippen molar-refractivity contribution in [2.75, 3.05) is 13.7 Å². The van der Waals surface area contributed by atoms with E-state index in [1.54, 1.807) is 42.5 Å². The van der Waals surface area contributed by atoms with Crippen LogP contribution in [-0.4, -0.2) is 30.2 Å². The second-order valence-corrected chi connectivity index (χ2v) is 5.79. The highest BCUT2D eigenvalue weighted by Crippen LogP contribution is 2.31. The van der Waals surface area contributed by atoms with E-state index in [0.717, 1.165) is 0 Å². The lowest BCUT2D eigenvalue weighted by Gasteiger charge is -2.13. The van der Waals surface area contributed by atoms with E-state index in [0.29, 0.717) is 34.7 Å². The molecule has 0 aliphatic heterocycles. The molecule has 8 nitrogen and oxygen atoms in total. The fourth-order valence-electron chi connectivity index (χ4n) is 2.57. The molecule has 3 aromatic rings. The van der Waals surface area contributed by atoms with E-state index in [1.165, 1.54) is 25.8 Å². The van der Waals surface area contributed by atoms with Crippen LogP contribution >= 0.6 is 0 Å². The van der Waals surface area contributed by atoms with Crippen LogP contribution in [0.25, 0.3) is 5.57 Å². The van der Waals surface area contributed by atoms with E-state index < -0.39 is 0 Å². The summed E-state index contributed by atoms with van der Waals surface area (Å²) < 4.78 is 21.6. The average Bonchev–Trinajstić information content (AvgIpc) is 2.78. The SMILES string of the molecule is CO/C=C(/COC=O)c1ccccc1Oc1cc(Oc2ccccc2C#N)ncn1. The summed E-state index contributed by atoms with van der Waals surface area (Å²) in [4.78, 5) is 18.8. The van der Waals surface area contributed by atoms with Gasteiger partial charge in [0.2, 0.25) is 11.8 Å². The van der Waals surface area contributed by atoms with Gasteiger partial charge in [-0.05, 0) is 18.2 Å². The summed E-state index contributed by atoms with van der Waals surface area (Å²) in [6.07, 6.45) is 2.77. The number of ether oxygens (including phenoxy) is 4. The summed E-state index contributed by atoms with van der Waals surface area (Å²) in [6, 6.07) is 17.6. The maximum atomic E-state index is 10.6. The van der Waals surface area contributed by atoms with Crippen molar-refractivity contribution in [2.24, 2.45) is 0 Å². The Hall–Kier alpha value is -4.38. The number of methoxy groups -OCH3 is 1. The Morgan fingerprint density at radius 2 is 1.70 bits per heavy atom. The van der Waals surface area contributed by atoms with Gasteiger partial charge in [0, 0.05) is 11.1 Å². The smallest absolute Gasteiger partial charge is 0.293 e. The Morgan fingerprint density at radius 1 is 1.03 bits per heavy atom. The van der Waals surface area contributed by atoms with Crippen molar-refractivity contribution < 1.29 is 23.7 Å². The van der Waals surface area contributed by atoms with E-state index >= 15 is 0 Å². The van der Waals surface area contributed by atoms with Crippen LogP contribution < -0.4 is 9.47 Å². The zero-order valence-electron chi connectivity index (χ0n) is 16.0. The number of hydrogen-bond acceptors (Lipinski definition) is 8. The van der Waals surface area contributed by atoms with Gasteiger partial charge in [0.05, 0.1) is 25.0 Å². The summed E-state index contributed by atoms with van der Waals surface area (Å²) in [5.74, 6) is 1.30. The molecule has 8 heteroatoms. The number of nitriles is 1. The molecule has 0 atom stereocenters. The molecule has 0 unspecified atom stereocenters. The van der Waals surface area contributed by atoms with Crippen molar-refractivity contribution in [1.82, 2.24) is 9.97 Å². The highest BCUT2D eigenvalue weighted by atomic mass is 16.5. The van der Waals surface area contributed by atoms with Crippen LogP contribution in [-0.2, 0) is 14.3 Å². The number of aromatic nitrogens is 2. The Bertz CT molecular complexity index is 1090. The van der Waals surface area contributed by atoms with E-state index in [9.17, 15) is 10.1 Å². The molecule has 0 aliphatic carbocycles. The predicted octanol–water partition coefficient (Wildman–Crippen LogP) is 4.09. The van der Waals surface area contributed by atoms with Crippen molar-refractivity contribution in [3.63, 3.8) is 0 Å². The van der Waals surface area contributed by atoms with Crippen LogP contribution in [0.3, 0.4) is 0 Å². The van der Waals surface area contributed by atoms with Gasteiger partial charge in [0.1, 0.15) is 30.5 Å². The molecule has 0 spiro atoms. The molecule has 150 valence electrons. The summed E-state index contributed by atoms with van der Waals surface area (Å²) >= 11 is 0. The lowest BCUT2D eigenvalue weighted by Crippen LogP contribution is -2.00. The Morgan fingerprint density at radius 3 is 2.40 bits per heavy atom. The van der Waals surface area contributed by atoms with Gasteiger partial charge in [0.25, 0.3) is 6.47 Å². The topological polar surface area (TPSA) is 104 Å². The fraction of sp³-hybridized carbons (Fsp3) is 0.0909. The normalized spacial score (nSPS) is 10.6. The third-order valence-corrected chi connectivity index (χ3v) is 3.85. The standard InChI is InChI=1S/C22H17N3O5/c1-27-12-17(13-28-15-26)18-7-3-5-9-20(18)30-22-10-21(24-14-25-22)29-19-8-4-2-6-16(19)11-23/h2-10,12,14-15H,13H2,1H3/b17-12-. The molecule has 1 aromatic heterocycles. The van der Waals surface area contributed by atoms with Crippen molar-refractivity contribution in [1.29, 1.82) is 5.26 Å². The molecule has 0 aliphatic rings. The number of hydrogen-bond donors (Lipinski definition) is 0. The minimum Gasteiger partial charge on any atom is -0.504 e. The zero-order valence-corrected chi connectivity index (χ0v) is 16.0. The second-order valence-electron chi connectivity index (χ2n) is 5.79. The maximum Gasteiger partial charge on any atom is 0.293 e. The molecule has 30 heavy (non-hydrogen) atoms. The van der Waals surface area contributed by atoms with Gasteiger partial charge in [-0.25, -0.2) is 9.97 Å². The molecule has 0 saturated heterocycles. The molecule has 2 aromatic carbocycles. The minimum atomic E-state index is 0.0147. The fourth-order valence-corrected chi connectivity index (χ4v) is 2.57. The van der Waals surface area contributed by atoms with Crippen LogP contribution in [0.2, 0.25) is 0 Å². The van der Waals surface area contributed by atoms with Gasteiger partial charge >= 0.3 is 0 Å². The molecule has 0 N–H and O–H groups in total. The molecular formula is C22H17N3O5. The summed E-state index contributed by atoms with van der Waals surface area (Å²) in [5.41, 5.74) is 1.65. The summed E-state index contributed by atoms with van der Waals surface area (Å²) in [7, 11) is 1.50. The second kappa shape index (κ2) is 10.2. The number of nitrogens with zero attached hydrogens (tertiary/aromatic N) is 3. The first-order valence-electron chi connectivity index (χ1n) is 8.78. The van der Waals surface area contributed by atoms with Gasteiger partial charge in [-0.1, -0.05) is 30.3 Å². The van der Waals surface area contributed by atoms with Gasteiger partial charge in [0.15, 0.2) is 0 Å². The van der Waals surface area contributed by atoms with Crippen molar-refractivity contribution >= 4 is 12.0 Å². The van der Waals surface area contributed by atoms with Crippen molar-refractivity contribution in [3.8, 4) is 29.3 Å². The number of para-hydroxylation sites is 2. The van der Waals surface area contributed by atoms with Gasteiger partial charge in [-0.2, -0.15) is 5.26 Å². The van der Waals surface area contributed by atoms with Crippen LogP contribution in [0.1, 0.15) is 11.1 Å². The predicted molar refractivity (Wildman–Crippen MR) is 107 cm³/mol. The van der Waals surface area contributed by atoms with Crippen LogP contribution in [0, 0.1) is 11.3 Å². The number of carbonyl (C=O) groups is 1. The highest BCUT2D eigenvalue weighted by Gasteiger charge is 2.13. The molecule has 0 amide bonds. The molecular weight excluding hydrogens is 386 g/mol. The van der Waals surface area contributed by atoms with Gasteiger partial charge < -0.3 is 18.9 Å². The van der Waals surface area contributed by atoms with Crippen molar-refractivity contribution in [2.45, 2.75) is 0 Å². The summed E-state index contributed by atoms with van der Waals surface area (Å²) in [6.45, 7) is 0.376. The minimum absolute atomic E-state index is 0.0147. The van der Waals surface area contributed by atoms with Crippen LogP contribution in [0.15, 0.2) is 67.2 Å². The van der Waals surface area contributed by atoms with E-state index in [1.807, 2.05) is 6.07 Å². The molecule has 3 rings (SSSR count). The average molecular weight is 403 g/mol. The number of carbonyl (C=O) groups excluding carboxylic acids is 1. The molecule has 0 fully saturated rings. The Kier molecular flexibility index (Phi) is 6.95. The molecule has 0 saturated carbocycles. The van der Waals surface area contributed by atoms with Crippen molar-refractivity contribution in [3.05, 3.63) is 78.3 Å². The van der Waals surface area contributed by atoms with E-state index in [-0.39, 0.29) is 18.4 Å². The third kappa shape index (κ3) is 5.11. The third-order valence-electron chi connectivity index (χ3n) is 3.85. The lowest BCUT2D eigenvalue weighted by molar-refractivity contribution is -0.127. The monoisotopic (exact) mass is 403 g/mol. The number of benzene rings is 2. The lowest BCUT2D eigenvalue weighted by atomic mass is 10.1. The first kappa shape index (κ1) is 20.4. The first-order valence-corrected chi connectivity index (χ1v) is 8.78. The zero-order chi connectivity index (χ0) is 21.2. The quantitative estimate of drug-likeness (QED) is 0.389.